The number of aromatic nitrogens is 2. The van der Waals surface area contributed by atoms with Crippen molar-refractivity contribution in [3.8, 4) is 5.75 Å². The fourth-order valence-corrected chi connectivity index (χ4v) is 5.21. The number of benzene rings is 1. The third-order valence-corrected chi connectivity index (χ3v) is 7.29. The quantitative estimate of drug-likeness (QED) is 0.331. The number of imidazole rings is 1. The molecule has 4 rings (SSSR count). The first-order valence-electron chi connectivity index (χ1n) is 11.8. The van der Waals surface area contributed by atoms with E-state index in [4.69, 9.17) is 13.9 Å². The molecular formula is C25H31N3O7S. The first-order chi connectivity index (χ1) is 17.3. The van der Waals surface area contributed by atoms with E-state index in [2.05, 4.69) is 9.71 Å². The van der Waals surface area contributed by atoms with Gasteiger partial charge in [0, 0.05) is 51.1 Å². The molecule has 1 saturated carbocycles. The Kier molecular flexibility index (Phi) is 8.12. The Hall–Kier alpha value is -3.15. The van der Waals surface area contributed by atoms with Crippen molar-refractivity contribution in [1.82, 2.24) is 9.55 Å². The van der Waals surface area contributed by atoms with Crippen molar-refractivity contribution in [2.24, 2.45) is 13.0 Å². The van der Waals surface area contributed by atoms with E-state index < -0.39 is 21.6 Å². The van der Waals surface area contributed by atoms with Crippen LogP contribution >= 0.6 is 0 Å². The van der Waals surface area contributed by atoms with Gasteiger partial charge in [0.25, 0.3) is 10.0 Å². The summed E-state index contributed by atoms with van der Waals surface area (Å²) in [6.07, 6.45) is 5.71. The molecule has 1 atom stereocenters. The highest BCUT2D eigenvalue weighted by Crippen LogP contribution is 2.48. The number of aromatic hydroxyl groups is 1. The maximum Gasteiger partial charge on any atom is 0.343 e. The number of methoxy groups -OCH3 is 1. The summed E-state index contributed by atoms with van der Waals surface area (Å²) in [6, 6.07) is 8.36. The van der Waals surface area contributed by atoms with Gasteiger partial charge in [-0.3, -0.25) is 4.72 Å². The maximum atomic E-state index is 13.0. The molecule has 1 unspecified atom stereocenters. The van der Waals surface area contributed by atoms with Crippen LogP contribution in [0.4, 0.5) is 5.69 Å². The SMILES string of the molecule is COCCOCCCc1cc(O)c(C(c2cccc(NS(=O)(=O)c3cn(C)cn3)c2)C2CC2)c(=O)o1. The molecule has 11 heteroatoms. The molecule has 1 aromatic carbocycles. The van der Waals surface area contributed by atoms with Crippen LogP contribution in [0.1, 0.15) is 42.1 Å². The Balaban J connectivity index is 1.54. The number of aryl methyl sites for hydroxylation is 2. The Morgan fingerprint density at radius 2 is 2.06 bits per heavy atom. The molecule has 0 bridgehead atoms. The smallest absolute Gasteiger partial charge is 0.343 e. The first kappa shape index (κ1) is 25.9. The summed E-state index contributed by atoms with van der Waals surface area (Å²) in [6.45, 7) is 1.49. The summed E-state index contributed by atoms with van der Waals surface area (Å²) < 4.78 is 45.4. The number of nitrogens with one attached hydrogen (secondary N) is 1. The molecule has 10 nitrogen and oxygen atoms in total. The van der Waals surface area contributed by atoms with Crippen LogP contribution in [-0.2, 0) is 33.0 Å². The summed E-state index contributed by atoms with van der Waals surface area (Å²) >= 11 is 0. The molecule has 2 heterocycles. The summed E-state index contributed by atoms with van der Waals surface area (Å²) in [5.41, 5.74) is 0.683. The van der Waals surface area contributed by atoms with Gasteiger partial charge in [0.2, 0.25) is 0 Å². The Morgan fingerprint density at radius 3 is 2.72 bits per heavy atom. The number of rotatable bonds is 13. The lowest BCUT2D eigenvalue weighted by Gasteiger charge is -2.19. The van der Waals surface area contributed by atoms with E-state index in [1.54, 1.807) is 36.9 Å². The van der Waals surface area contributed by atoms with Crippen molar-refractivity contribution in [2.45, 2.75) is 36.6 Å². The van der Waals surface area contributed by atoms with Crippen molar-refractivity contribution < 1.29 is 27.4 Å². The molecule has 0 amide bonds. The molecule has 1 aliphatic carbocycles. The monoisotopic (exact) mass is 517 g/mol. The van der Waals surface area contributed by atoms with E-state index in [1.165, 1.54) is 18.6 Å². The average molecular weight is 518 g/mol. The molecule has 194 valence electrons. The zero-order valence-electron chi connectivity index (χ0n) is 20.3. The van der Waals surface area contributed by atoms with Gasteiger partial charge in [-0.05, 0) is 42.9 Å². The number of hydrogen-bond donors (Lipinski definition) is 2. The van der Waals surface area contributed by atoms with Crippen LogP contribution in [0.25, 0.3) is 0 Å². The highest BCUT2D eigenvalue weighted by Gasteiger charge is 2.37. The largest absolute Gasteiger partial charge is 0.507 e. The Bertz CT molecular complexity index is 1350. The molecule has 0 saturated heterocycles. The molecule has 1 aliphatic rings. The molecule has 3 aromatic rings. The van der Waals surface area contributed by atoms with Gasteiger partial charge in [-0.25, -0.2) is 9.78 Å². The minimum atomic E-state index is -3.87. The predicted molar refractivity (Wildman–Crippen MR) is 133 cm³/mol. The first-order valence-corrected chi connectivity index (χ1v) is 13.3. The number of anilines is 1. The van der Waals surface area contributed by atoms with E-state index in [-0.39, 0.29) is 22.3 Å². The third kappa shape index (κ3) is 6.34. The summed E-state index contributed by atoms with van der Waals surface area (Å²) in [7, 11) is -0.579. The van der Waals surface area contributed by atoms with Gasteiger partial charge in [0.15, 0.2) is 5.03 Å². The number of nitrogens with zero attached hydrogens (tertiary/aromatic N) is 2. The molecule has 2 aromatic heterocycles. The van der Waals surface area contributed by atoms with Crippen LogP contribution in [0.3, 0.4) is 0 Å². The lowest BCUT2D eigenvalue weighted by molar-refractivity contribution is 0.0690. The standard InChI is InChI=1S/C25H31N3O7S/c1-28-15-22(26-16-28)36(31,32)27-19-6-3-5-18(13-19)23(17-8-9-17)24-21(29)14-20(35-25(24)30)7-4-10-34-12-11-33-2/h3,5-6,13-17,23,27,29H,4,7-12H2,1-2H3. The van der Waals surface area contributed by atoms with Crippen molar-refractivity contribution in [2.75, 3.05) is 31.7 Å². The second kappa shape index (κ2) is 11.3. The second-order valence-corrected chi connectivity index (χ2v) is 10.6. The van der Waals surface area contributed by atoms with Crippen LogP contribution < -0.4 is 10.3 Å². The normalized spacial score (nSPS) is 14.6. The summed E-state index contributed by atoms with van der Waals surface area (Å²) in [4.78, 5) is 16.9. The molecule has 2 N–H and O–H groups in total. The van der Waals surface area contributed by atoms with E-state index in [0.29, 0.717) is 44.1 Å². The minimum absolute atomic E-state index is 0.0906. The molecule has 1 fully saturated rings. The van der Waals surface area contributed by atoms with Gasteiger partial charge >= 0.3 is 5.63 Å². The van der Waals surface area contributed by atoms with E-state index >= 15 is 0 Å². The average Bonchev–Trinajstić information content (AvgIpc) is 3.56. The van der Waals surface area contributed by atoms with Crippen molar-refractivity contribution >= 4 is 15.7 Å². The molecule has 0 aliphatic heterocycles. The fraction of sp³-hybridized carbons (Fsp3) is 0.440. The summed E-state index contributed by atoms with van der Waals surface area (Å²) in [5.74, 6) is 0.0226. The highest BCUT2D eigenvalue weighted by molar-refractivity contribution is 7.92. The van der Waals surface area contributed by atoms with Gasteiger partial charge in [0.05, 0.1) is 25.1 Å². The number of sulfonamides is 1. The maximum absolute atomic E-state index is 13.0. The van der Waals surface area contributed by atoms with Crippen LogP contribution in [-0.4, -0.2) is 50.0 Å². The molecule has 36 heavy (non-hydrogen) atoms. The van der Waals surface area contributed by atoms with Crippen LogP contribution in [0.2, 0.25) is 0 Å². The van der Waals surface area contributed by atoms with Crippen LogP contribution in [0, 0.1) is 5.92 Å². The molecular weight excluding hydrogens is 486 g/mol. The lowest BCUT2D eigenvalue weighted by atomic mass is 9.87. The van der Waals surface area contributed by atoms with Gasteiger partial charge < -0.3 is 23.6 Å². The highest BCUT2D eigenvalue weighted by atomic mass is 32.2. The topological polar surface area (TPSA) is 133 Å². The molecule has 0 radical (unpaired) electrons. The van der Waals surface area contributed by atoms with Crippen molar-refractivity contribution in [3.63, 3.8) is 0 Å². The second-order valence-electron chi connectivity index (χ2n) is 8.93. The van der Waals surface area contributed by atoms with Gasteiger partial charge in [-0.1, -0.05) is 12.1 Å². The third-order valence-electron chi connectivity index (χ3n) is 6.02. The van der Waals surface area contributed by atoms with E-state index in [0.717, 1.165) is 18.4 Å². The lowest BCUT2D eigenvalue weighted by Crippen LogP contribution is -2.17. The van der Waals surface area contributed by atoms with Crippen LogP contribution in [0.15, 0.2) is 57.1 Å². The number of hydrogen-bond acceptors (Lipinski definition) is 8. The van der Waals surface area contributed by atoms with Crippen molar-refractivity contribution in [3.05, 3.63) is 70.2 Å². The number of ether oxygens (including phenoxy) is 2. The van der Waals surface area contributed by atoms with Gasteiger partial charge in [-0.2, -0.15) is 8.42 Å². The molecule has 0 spiro atoms. The summed E-state index contributed by atoms with van der Waals surface area (Å²) in [5, 5.41) is 10.7. The van der Waals surface area contributed by atoms with Crippen LogP contribution in [0.5, 0.6) is 5.75 Å². The Morgan fingerprint density at radius 1 is 1.25 bits per heavy atom. The Labute approximate surface area is 209 Å². The van der Waals surface area contributed by atoms with Gasteiger partial charge in [0.1, 0.15) is 11.5 Å². The fourth-order valence-electron chi connectivity index (χ4n) is 4.18. The minimum Gasteiger partial charge on any atom is -0.507 e. The predicted octanol–water partition coefficient (Wildman–Crippen LogP) is 3.02. The van der Waals surface area contributed by atoms with E-state index in [1.807, 2.05) is 6.07 Å². The van der Waals surface area contributed by atoms with Gasteiger partial charge in [-0.15, -0.1) is 0 Å². The van der Waals surface area contributed by atoms with E-state index in [9.17, 15) is 18.3 Å². The zero-order chi connectivity index (χ0) is 25.7. The van der Waals surface area contributed by atoms with Crippen molar-refractivity contribution in [1.29, 1.82) is 0 Å². The zero-order valence-corrected chi connectivity index (χ0v) is 21.2.